The van der Waals surface area contributed by atoms with E-state index in [2.05, 4.69) is 10.6 Å². The number of amides is 2. The van der Waals surface area contributed by atoms with Crippen LogP contribution < -0.4 is 15.4 Å². The maximum Gasteiger partial charge on any atom is 0.255 e. The van der Waals surface area contributed by atoms with E-state index >= 15 is 0 Å². The number of para-hydroxylation sites is 1. The molecule has 0 aromatic heterocycles. The van der Waals surface area contributed by atoms with Crippen molar-refractivity contribution in [1.82, 2.24) is 5.32 Å². The number of ether oxygens (including phenoxy) is 1. The van der Waals surface area contributed by atoms with E-state index in [1.54, 1.807) is 49.6 Å². The van der Waals surface area contributed by atoms with E-state index in [0.29, 0.717) is 23.4 Å². The summed E-state index contributed by atoms with van der Waals surface area (Å²) in [5.74, 6) is 0.324. The number of nitrogens with one attached hydrogen (secondary N) is 2. The standard InChI is InChI=1S/C22H20N2O3/c1-27-20-12-10-17(11-13-20)21(25)23-15-16-6-5-7-18(14-16)22(26)24-19-8-3-2-4-9-19/h2-14H,15H2,1H3,(H,23,25)(H,24,26). The molecular formula is C22H20N2O3. The molecule has 0 bridgehead atoms. The minimum absolute atomic E-state index is 0.184. The van der Waals surface area contributed by atoms with E-state index in [9.17, 15) is 9.59 Å². The second-order valence-corrected chi connectivity index (χ2v) is 5.93. The monoisotopic (exact) mass is 360 g/mol. The average Bonchev–Trinajstić information content (AvgIpc) is 2.73. The van der Waals surface area contributed by atoms with Crippen LogP contribution in [0.1, 0.15) is 26.3 Å². The molecule has 0 aliphatic heterocycles. The Morgan fingerprint density at radius 3 is 2.26 bits per heavy atom. The van der Waals surface area contributed by atoms with E-state index in [0.717, 1.165) is 11.3 Å². The number of carbonyl (C=O) groups excluding carboxylic acids is 2. The Morgan fingerprint density at radius 1 is 0.815 bits per heavy atom. The molecule has 0 aliphatic rings. The Morgan fingerprint density at radius 2 is 1.56 bits per heavy atom. The number of hydrogen-bond donors (Lipinski definition) is 2. The van der Waals surface area contributed by atoms with Crippen LogP contribution in [0.25, 0.3) is 0 Å². The molecule has 0 radical (unpaired) electrons. The van der Waals surface area contributed by atoms with Gasteiger partial charge in [-0.3, -0.25) is 9.59 Å². The maximum atomic E-state index is 12.4. The zero-order valence-corrected chi connectivity index (χ0v) is 14.9. The van der Waals surface area contributed by atoms with Gasteiger partial charge >= 0.3 is 0 Å². The van der Waals surface area contributed by atoms with Crippen LogP contribution in [0.2, 0.25) is 0 Å². The van der Waals surface area contributed by atoms with E-state index in [4.69, 9.17) is 4.74 Å². The Bertz CT molecular complexity index is 922. The van der Waals surface area contributed by atoms with Gasteiger partial charge in [0, 0.05) is 23.4 Å². The molecule has 3 aromatic rings. The molecule has 0 heterocycles. The molecule has 2 amide bonds. The summed E-state index contributed by atoms with van der Waals surface area (Å²) in [5.41, 5.74) is 2.67. The van der Waals surface area contributed by atoms with Gasteiger partial charge in [-0.15, -0.1) is 0 Å². The van der Waals surface area contributed by atoms with Crippen molar-refractivity contribution in [2.24, 2.45) is 0 Å². The Balaban J connectivity index is 1.61. The fourth-order valence-electron chi connectivity index (χ4n) is 2.57. The Hall–Kier alpha value is -3.60. The average molecular weight is 360 g/mol. The molecule has 0 saturated heterocycles. The maximum absolute atomic E-state index is 12.4. The molecule has 27 heavy (non-hydrogen) atoms. The van der Waals surface area contributed by atoms with Crippen LogP contribution in [0.5, 0.6) is 5.75 Å². The largest absolute Gasteiger partial charge is 0.497 e. The van der Waals surface area contributed by atoms with Gasteiger partial charge in [0.2, 0.25) is 0 Å². The van der Waals surface area contributed by atoms with Crippen LogP contribution in [-0.4, -0.2) is 18.9 Å². The molecule has 0 saturated carbocycles. The second-order valence-electron chi connectivity index (χ2n) is 5.93. The van der Waals surface area contributed by atoms with Crippen molar-refractivity contribution in [3.63, 3.8) is 0 Å². The van der Waals surface area contributed by atoms with Crippen molar-refractivity contribution in [1.29, 1.82) is 0 Å². The first-order valence-corrected chi connectivity index (χ1v) is 8.53. The molecule has 0 atom stereocenters. The number of methoxy groups -OCH3 is 1. The predicted molar refractivity (Wildman–Crippen MR) is 105 cm³/mol. The highest BCUT2D eigenvalue weighted by Crippen LogP contribution is 2.13. The third-order valence-electron chi connectivity index (χ3n) is 4.03. The molecule has 136 valence electrons. The normalized spacial score (nSPS) is 10.1. The Labute approximate surface area is 158 Å². The van der Waals surface area contributed by atoms with Crippen molar-refractivity contribution in [2.75, 3.05) is 12.4 Å². The number of carbonyl (C=O) groups is 2. The zero-order chi connectivity index (χ0) is 19.1. The van der Waals surface area contributed by atoms with Crippen molar-refractivity contribution >= 4 is 17.5 Å². The molecule has 5 heteroatoms. The number of rotatable bonds is 6. The predicted octanol–water partition coefficient (Wildman–Crippen LogP) is 3.88. The minimum atomic E-state index is -0.190. The van der Waals surface area contributed by atoms with Gasteiger partial charge in [-0.25, -0.2) is 0 Å². The fraction of sp³-hybridized carbons (Fsp3) is 0.0909. The number of benzene rings is 3. The summed E-state index contributed by atoms with van der Waals surface area (Å²) in [5, 5.41) is 5.71. The SMILES string of the molecule is COc1ccc(C(=O)NCc2cccc(C(=O)Nc3ccccc3)c2)cc1. The summed E-state index contributed by atoms with van der Waals surface area (Å²) in [6, 6.07) is 23.3. The summed E-state index contributed by atoms with van der Waals surface area (Å²) < 4.78 is 5.09. The first-order valence-electron chi connectivity index (χ1n) is 8.53. The molecule has 3 rings (SSSR count). The second kappa shape index (κ2) is 8.67. The highest BCUT2D eigenvalue weighted by Gasteiger charge is 2.09. The van der Waals surface area contributed by atoms with E-state index in [1.165, 1.54) is 0 Å². The van der Waals surface area contributed by atoms with Crippen LogP contribution in [0.4, 0.5) is 5.69 Å². The topological polar surface area (TPSA) is 67.4 Å². The first kappa shape index (κ1) is 18.2. The molecule has 0 fully saturated rings. The van der Waals surface area contributed by atoms with Crippen molar-refractivity contribution < 1.29 is 14.3 Å². The van der Waals surface area contributed by atoms with Gasteiger partial charge in [-0.2, -0.15) is 0 Å². The highest BCUT2D eigenvalue weighted by molar-refractivity contribution is 6.04. The van der Waals surface area contributed by atoms with Crippen LogP contribution in [-0.2, 0) is 6.54 Å². The lowest BCUT2D eigenvalue weighted by molar-refractivity contribution is 0.0950. The van der Waals surface area contributed by atoms with E-state index in [-0.39, 0.29) is 11.8 Å². The molecule has 5 nitrogen and oxygen atoms in total. The lowest BCUT2D eigenvalue weighted by Crippen LogP contribution is -2.23. The quantitative estimate of drug-likeness (QED) is 0.701. The summed E-state index contributed by atoms with van der Waals surface area (Å²) in [7, 11) is 1.58. The Kier molecular flexibility index (Phi) is 5.84. The van der Waals surface area contributed by atoms with Gasteiger partial charge in [0.15, 0.2) is 0 Å². The van der Waals surface area contributed by atoms with Crippen molar-refractivity contribution in [3.05, 3.63) is 95.6 Å². The van der Waals surface area contributed by atoms with Gasteiger partial charge in [-0.05, 0) is 54.1 Å². The van der Waals surface area contributed by atoms with E-state index < -0.39 is 0 Å². The van der Waals surface area contributed by atoms with Crippen molar-refractivity contribution in [2.45, 2.75) is 6.54 Å². The molecular weight excluding hydrogens is 340 g/mol. The van der Waals surface area contributed by atoms with Crippen LogP contribution in [0.15, 0.2) is 78.9 Å². The summed E-state index contributed by atoms with van der Waals surface area (Å²) >= 11 is 0. The van der Waals surface area contributed by atoms with Crippen LogP contribution in [0.3, 0.4) is 0 Å². The zero-order valence-electron chi connectivity index (χ0n) is 14.9. The fourth-order valence-corrected chi connectivity index (χ4v) is 2.57. The number of hydrogen-bond acceptors (Lipinski definition) is 3. The van der Waals surface area contributed by atoms with Gasteiger partial charge in [-0.1, -0.05) is 30.3 Å². The third-order valence-corrected chi connectivity index (χ3v) is 4.03. The van der Waals surface area contributed by atoms with Crippen molar-refractivity contribution in [3.8, 4) is 5.75 Å². The third kappa shape index (κ3) is 4.95. The molecule has 3 aromatic carbocycles. The van der Waals surface area contributed by atoms with Crippen LogP contribution >= 0.6 is 0 Å². The lowest BCUT2D eigenvalue weighted by Gasteiger charge is -2.09. The lowest BCUT2D eigenvalue weighted by atomic mass is 10.1. The molecule has 0 unspecified atom stereocenters. The van der Waals surface area contributed by atoms with Gasteiger partial charge in [0.05, 0.1) is 7.11 Å². The smallest absolute Gasteiger partial charge is 0.255 e. The summed E-state index contributed by atoms with van der Waals surface area (Å²) in [6.07, 6.45) is 0. The molecule has 0 aliphatic carbocycles. The van der Waals surface area contributed by atoms with E-state index in [1.807, 2.05) is 36.4 Å². The number of anilines is 1. The van der Waals surface area contributed by atoms with Crippen LogP contribution in [0, 0.1) is 0 Å². The summed E-state index contributed by atoms with van der Waals surface area (Å²) in [4.78, 5) is 24.6. The first-order chi connectivity index (χ1) is 13.2. The van der Waals surface area contributed by atoms with Gasteiger partial charge in [0.1, 0.15) is 5.75 Å². The molecule has 2 N–H and O–H groups in total. The highest BCUT2D eigenvalue weighted by atomic mass is 16.5. The molecule has 0 spiro atoms. The summed E-state index contributed by atoms with van der Waals surface area (Å²) in [6.45, 7) is 0.331. The minimum Gasteiger partial charge on any atom is -0.497 e. The van der Waals surface area contributed by atoms with Gasteiger partial charge < -0.3 is 15.4 Å². The van der Waals surface area contributed by atoms with Gasteiger partial charge in [0.25, 0.3) is 11.8 Å².